The summed E-state index contributed by atoms with van der Waals surface area (Å²) in [6.07, 6.45) is 6.20. The molecule has 0 bridgehead atoms. The van der Waals surface area contributed by atoms with Crippen molar-refractivity contribution in [2.45, 2.75) is 51.1 Å². The third-order valence-corrected chi connectivity index (χ3v) is 5.33. The van der Waals surface area contributed by atoms with Crippen molar-refractivity contribution in [3.8, 4) is 0 Å². The van der Waals surface area contributed by atoms with Gasteiger partial charge in [0.2, 0.25) is 11.8 Å². The molecule has 2 fully saturated rings. The van der Waals surface area contributed by atoms with Crippen LogP contribution < -0.4 is 5.32 Å². The number of hydrogen-bond donors (Lipinski definition) is 1. The van der Waals surface area contributed by atoms with Crippen LogP contribution in [0.2, 0.25) is 0 Å². The Morgan fingerprint density at radius 3 is 2.72 bits per heavy atom. The SMILES string of the molecule is O=C(CN1CCCCC1CCN1CCCC1=O)NCc1ccccc1. The maximum absolute atomic E-state index is 12.3. The molecule has 2 heterocycles. The lowest BCUT2D eigenvalue weighted by Crippen LogP contribution is -2.46. The molecule has 2 aliphatic rings. The topological polar surface area (TPSA) is 52.7 Å². The number of amides is 2. The van der Waals surface area contributed by atoms with E-state index in [2.05, 4.69) is 10.2 Å². The third kappa shape index (κ3) is 5.30. The number of benzene rings is 1. The molecule has 5 nitrogen and oxygen atoms in total. The average molecular weight is 343 g/mol. The first-order valence-corrected chi connectivity index (χ1v) is 9.55. The summed E-state index contributed by atoms with van der Waals surface area (Å²) in [5, 5.41) is 3.03. The van der Waals surface area contributed by atoms with E-state index in [1.54, 1.807) is 0 Å². The maximum atomic E-state index is 12.3. The summed E-state index contributed by atoms with van der Waals surface area (Å²) in [7, 11) is 0. The molecule has 1 N–H and O–H groups in total. The summed E-state index contributed by atoms with van der Waals surface area (Å²) in [5.74, 6) is 0.385. The Morgan fingerprint density at radius 1 is 1.12 bits per heavy atom. The Hall–Kier alpha value is -1.88. The molecule has 136 valence electrons. The Balaban J connectivity index is 1.45. The van der Waals surface area contributed by atoms with Gasteiger partial charge in [0.15, 0.2) is 0 Å². The van der Waals surface area contributed by atoms with Crippen LogP contribution in [0.25, 0.3) is 0 Å². The van der Waals surface area contributed by atoms with E-state index in [-0.39, 0.29) is 5.91 Å². The van der Waals surface area contributed by atoms with E-state index in [0.29, 0.717) is 31.5 Å². The van der Waals surface area contributed by atoms with Crippen molar-refractivity contribution in [1.82, 2.24) is 15.1 Å². The van der Waals surface area contributed by atoms with Gasteiger partial charge >= 0.3 is 0 Å². The predicted octanol–water partition coefficient (Wildman–Crippen LogP) is 2.17. The molecule has 25 heavy (non-hydrogen) atoms. The molecule has 1 aromatic rings. The number of carbonyl (C=O) groups excluding carboxylic acids is 2. The molecule has 1 unspecified atom stereocenters. The molecule has 0 radical (unpaired) electrons. The summed E-state index contributed by atoms with van der Waals surface area (Å²) in [6.45, 7) is 3.78. The Bertz CT molecular complexity index is 576. The van der Waals surface area contributed by atoms with Crippen LogP contribution in [0.15, 0.2) is 30.3 Å². The minimum absolute atomic E-state index is 0.0907. The Morgan fingerprint density at radius 2 is 1.96 bits per heavy atom. The molecule has 2 aliphatic heterocycles. The number of carbonyl (C=O) groups is 2. The van der Waals surface area contributed by atoms with E-state index < -0.39 is 0 Å². The summed E-state index contributed by atoms with van der Waals surface area (Å²) in [6, 6.07) is 10.4. The van der Waals surface area contributed by atoms with E-state index in [1.165, 1.54) is 6.42 Å². The van der Waals surface area contributed by atoms with Crippen molar-refractivity contribution in [2.75, 3.05) is 26.2 Å². The van der Waals surface area contributed by atoms with Crippen molar-refractivity contribution in [2.24, 2.45) is 0 Å². The van der Waals surface area contributed by atoms with Crippen molar-refractivity contribution in [1.29, 1.82) is 0 Å². The zero-order valence-electron chi connectivity index (χ0n) is 15.0. The number of rotatable bonds is 7. The molecule has 2 saturated heterocycles. The smallest absolute Gasteiger partial charge is 0.234 e. The summed E-state index contributed by atoms with van der Waals surface area (Å²) >= 11 is 0. The normalized spacial score (nSPS) is 21.5. The highest BCUT2D eigenvalue weighted by molar-refractivity contribution is 5.78. The molecule has 0 aliphatic carbocycles. The van der Waals surface area contributed by atoms with E-state index in [4.69, 9.17) is 0 Å². The largest absolute Gasteiger partial charge is 0.351 e. The first kappa shape index (κ1) is 17.9. The molecule has 3 rings (SSSR count). The summed E-state index contributed by atoms with van der Waals surface area (Å²) < 4.78 is 0. The number of hydrogen-bond acceptors (Lipinski definition) is 3. The van der Waals surface area contributed by atoms with Crippen LogP contribution >= 0.6 is 0 Å². The fourth-order valence-corrected chi connectivity index (χ4v) is 3.88. The van der Waals surface area contributed by atoms with Crippen LogP contribution in [0.4, 0.5) is 0 Å². The minimum atomic E-state index is 0.0907. The average Bonchev–Trinajstić information content (AvgIpc) is 3.05. The lowest BCUT2D eigenvalue weighted by atomic mass is 9.99. The van der Waals surface area contributed by atoms with Gasteiger partial charge in [0.1, 0.15) is 0 Å². The zero-order chi connectivity index (χ0) is 17.5. The highest BCUT2D eigenvalue weighted by Gasteiger charge is 2.26. The lowest BCUT2D eigenvalue weighted by Gasteiger charge is -2.36. The fraction of sp³-hybridized carbons (Fsp3) is 0.600. The molecule has 2 amide bonds. The van der Waals surface area contributed by atoms with Gasteiger partial charge in [-0.25, -0.2) is 0 Å². The van der Waals surface area contributed by atoms with Crippen LogP contribution in [-0.2, 0) is 16.1 Å². The van der Waals surface area contributed by atoms with Crippen LogP contribution in [0, 0.1) is 0 Å². The highest BCUT2D eigenvalue weighted by atomic mass is 16.2. The van der Waals surface area contributed by atoms with Gasteiger partial charge in [-0.2, -0.15) is 0 Å². The number of likely N-dealkylation sites (tertiary alicyclic amines) is 2. The van der Waals surface area contributed by atoms with Gasteiger partial charge < -0.3 is 10.2 Å². The first-order chi connectivity index (χ1) is 12.2. The minimum Gasteiger partial charge on any atom is -0.351 e. The third-order valence-electron chi connectivity index (χ3n) is 5.33. The quantitative estimate of drug-likeness (QED) is 0.825. The van der Waals surface area contributed by atoms with E-state index >= 15 is 0 Å². The van der Waals surface area contributed by atoms with Crippen molar-refractivity contribution < 1.29 is 9.59 Å². The lowest BCUT2D eigenvalue weighted by molar-refractivity contribution is -0.128. The second-order valence-electron chi connectivity index (χ2n) is 7.16. The van der Waals surface area contributed by atoms with Crippen LogP contribution in [0.5, 0.6) is 0 Å². The van der Waals surface area contributed by atoms with Crippen molar-refractivity contribution in [3.05, 3.63) is 35.9 Å². The number of piperidine rings is 1. The fourth-order valence-electron chi connectivity index (χ4n) is 3.88. The van der Waals surface area contributed by atoms with Gasteiger partial charge in [-0.3, -0.25) is 14.5 Å². The van der Waals surface area contributed by atoms with Crippen LogP contribution in [0.3, 0.4) is 0 Å². The Labute approximate surface area is 150 Å². The molecular formula is C20H29N3O2. The number of nitrogens with one attached hydrogen (secondary N) is 1. The van der Waals surface area contributed by atoms with Crippen molar-refractivity contribution >= 4 is 11.8 Å². The summed E-state index contributed by atoms with van der Waals surface area (Å²) in [4.78, 5) is 28.4. The van der Waals surface area contributed by atoms with Crippen LogP contribution in [0.1, 0.15) is 44.1 Å². The van der Waals surface area contributed by atoms with Gasteiger partial charge in [-0.15, -0.1) is 0 Å². The number of nitrogens with zero attached hydrogens (tertiary/aromatic N) is 2. The standard InChI is InChI=1S/C20H29N3O2/c24-19(21-15-17-7-2-1-3-8-17)16-23-12-5-4-9-18(23)11-14-22-13-6-10-20(22)25/h1-3,7-8,18H,4-6,9-16H2,(H,21,24). The molecule has 5 heteroatoms. The van der Waals surface area contributed by atoms with Gasteiger partial charge in [-0.05, 0) is 37.8 Å². The first-order valence-electron chi connectivity index (χ1n) is 9.55. The zero-order valence-corrected chi connectivity index (χ0v) is 15.0. The maximum Gasteiger partial charge on any atom is 0.234 e. The second-order valence-corrected chi connectivity index (χ2v) is 7.16. The summed E-state index contributed by atoms with van der Waals surface area (Å²) in [5.41, 5.74) is 1.12. The second kappa shape index (κ2) is 8.99. The molecule has 0 aromatic heterocycles. The predicted molar refractivity (Wildman–Crippen MR) is 97.9 cm³/mol. The van der Waals surface area contributed by atoms with E-state index in [9.17, 15) is 9.59 Å². The van der Waals surface area contributed by atoms with Crippen LogP contribution in [-0.4, -0.2) is 53.8 Å². The molecule has 0 spiro atoms. The van der Waals surface area contributed by atoms with Gasteiger partial charge in [-0.1, -0.05) is 36.8 Å². The molecule has 0 saturated carbocycles. The monoisotopic (exact) mass is 343 g/mol. The van der Waals surface area contributed by atoms with E-state index in [1.807, 2.05) is 35.2 Å². The highest BCUT2D eigenvalue weighted by Crippen LogP contribution is 2.21. The van der Waals surface area contributed by atoms with Gasteiger partial charge in [0.05, 0.1) is 6.54 Å². The van der Waals surface area contributed by atoms with Crippen molar-refractivity contribution in [3.63, 3.8) is 0 Å². The van der Waals surface area contributed by atoms with Gasteiger partial charge in [0.25, 0.3) is 0 Å². The van der Waals surface area contributed by atoms with Gasteiger partial charge in [0, 0.05) is 32.1 Å². The van der Waals surface area contributed by atoms with E-state index in [0.717, 1.165) is 50.9 Å². The molecule has 1 atom stereocenters. The molecule has 1 aromatic carbocycles. The molecular weight excluding hydrogens is 314 g/mol. The Kier molecular flexibility index (Phi) is 6.45.